The van der Waals surface area contributed by atoms with Gasteiger partial charge in [-0.15, -0.1) is 0 Å². The standard InChI is InChI=1S/C12H15BrN2/c1-8-12(13)10-6-9(7-14-2)4-5-11(10)15(8)3/h4-6,14H,7H2,1-3H3. The van der Waals surface area contributed by atoms with E-state index < -0.39 is 0 Å². The number of hydrogen-bond acceptors (Lipinski definition) is 1. The van der Waals surface area contributed by atoms with Crippen molar-refractivity contribution in [1.29, 1.82) is 0 Å². The monoisotopic (exact) mass is 266 g/mol. The molecule has 0 saturated heterocycles. The third kappa shape index (κ3) is 1.70. The van der Waals surface area contributed by atoms with Gasteiger partial charge in [0.1, 0.15) is 0 Å². The summed E-state index contributed by atoms with van der Waals surface area (Å²) in [6.45, 7) is 3.04. The normalized spacial score (nSPS) is 11.2. The molecule has 0 unspecified atom stereocenters. The largest absolute Gasteiger partial charge is 0.347 e. The van der Waals surface area contributed by atoms with Crippen LogP contribution in [0.4, 0.5) is 0 Å². The van der Waals surface area contributed by atoms with Crippen LogP contribution >= 0.6 is 15.9 Å². The highest BCUT2D eigenvalue weighted by molar-refractivity contribution is 9.10. The molecule has 0 aliphatic heterocycles. The first kappa shape index (κ1) is 10.7. The summed E-state index contributed by atoms with van der Waals surface area (Å²) in [5.74, 6) is 0. The molecular weight excluding hydrogens is 252 g/mol. The predicted octanol–water partition coefficient (Wildman–Crippen LogP) is 2.97. The maximum Gasteiger partial charge on any atom is 0.0491 e. The van der Waals surface area contributed by atoms with Crippen molar-refractivity contribution in [2.75, 3.05) is 7.05 Å². The molecule has 3 heteroatoms. The lowest BCUT2D eigenvalue weighted by Crippen LogP contribution is -2.04. The topological polar surface area (TPSA) is 17.0 Å². The summed E-state index contributed by atoms with van der Waals surface area (Å²) in [5.41, 5.74) is 3.86. The minimum atomic E-state index is 0.913. The van der Waals surface area contributed by atoms with E-state index in [4.69, 9.17) is 0 Å². The van der Waals surface area contributed by atoms with Gasteiger partial charge in [-0.25, -0.2) is 0 Å². The highest BCUT2D eigenvalue weighted by atomic mass is 79.9. The van der Waals surface area contributed by atoms with Crippen molar-refractivity contribution in [2.45, 2.75) is 13.5 Å². The van der Waals surface area contributed by atoms with Gasteiger partial charge < -0.3 is 9.88 Å². The lowest BCUT2D eigenvalue weighted by atomic mass is 10.1. The van der Waals surface area contributed by atoms with E-state index >= 15 is 0 Å². The van der Waals surface area contributed by atoms with Gasteiger partial charge in [0.05, 0.1) is 0 Å². The van der Waals surface area contributed by atoms with Gasteiger partial charge >= 0.3 is 0 Å². The van der Waals surface area contributed by atoms with Crippen LogP contribution in [0.2, 0.25) is 0 Å². The second-order valence-electron chi connectivity index (χ2n) is 3.84. The van der Waals surface area contributed by atoms with Crippen LogP contribution < -0.4 is 5.32 Å². The van der Waals surface area contributed by atoms with E-state index in [2.05, 4.69) is 58.0 Å². The Labute approximate surface area is 98.4 Å². The number of fused-ring (bicyclic) bond motifs is 1. The smallest absolute Gasteiger partial charge is 0.0491 e. The predicted molar refractivity (Wildman–Crippen MR) is 68.1 cm³/mol. The van der Waals surface area contributed by atoms with Crippen LogP contribution in [0, 0.1) is 6.92 Å². The van der Waals surface area contributed by atoms with E-state index in [1.807, 2.05) is 7.05 Å². The summed E-state index contributed by atoms with van der Waals surface area (Å²) < 4.78 is 3.42. The third-order valence-electron chi connectivity index (χ3n) is 2.86. The van der Waals surface area contributed by atoms with Crippen LogP contribution in [-0.2, 0) is 13.6 Å². The summed E-state index contributed by atoms with van der Waals surface area (Å²) in [4.78, 5) is 0. The third-order valence-corrected chi connectivity index (χ3v) is 3.86. The molecule has 2 aromatic rings. The zero-order valence-electron chi connectivity index (χ0n) is 9.26. The molecule has 0 bridgehead atoms. The van der Waals surface area contributed by atoms with Gasteiger partial charge in [0.25, 0.3) is 0 Å². The van der Waals surface area contributed by atoms with Gasteiger partial charge in [-0.1, -0.05) is 6.07 Å². The number of aryl methyl sites for hydroxylation is 1. The number of halogens is 1. The SMILES string of the molecule is CNCc1ccc2c(c1)c(Br)c(C)n2C. The van der Waals surface area contributed by atoms with E-state index in [0.717, 1.165) is 6.54 Å². The van der Waals surface area contributed by atoms with Gasteiger partial charge in [0.2, 0.25) is 0 Å². The Morgan fingerprint density at radius 3 is 2.80 bits per heavy atom. The summed E-state index contributed by atoms with van der Waals surface area (Å²) in [5, 5.41) is 4.46. The minimum Gasteiger partial charge on any atom is -0.347 e. The lowest BCUT2D eigenvalue weighted by molar-refractivity contribution is 0.819. The van der Waals surface area contributed by atoms with Crippen molar-refractivity contribution in [3.05, 3.63) is 33.9 Å². The molecule has 0 radical (unpaired) electrons. The second kappa shape index (κ2) is 3.99. The van der Waals surface area contributed by atoms with E-state index in [0.29, 0.717) is 0 Å². The Balaban J connectivity index is 2.66. The van der Waals surface area contributed by atoms with E-state index in [9.17, 15) is 0 Å². The Morgan fingerprint density at radius 2 is 2.13 bits per heavy atom. The highest BCUT2D eigenvalue weighted by Gasteiger charge is 2.09. The van der Waals surface area contributed by atoms with Crippen LogP contribution in [0.25, 0.3) is 10.9 Å². The first-order valence-electron chi connectivity index (χ1n) is 5.03. The van der Waals surface area contributed by atoms with Gasteiger partial charge in [-0.05, 0) is 47.6 Å². The fraction of sp³-hybridized carbons (Fsp3) is 0.333. The molecule has 0 aliphatic carbocycles. The zero-order chi connectivity index (χ0) is 11.0. The van der Waals surface area contributed by atoms with Gasteiger partial charge in [0.15, 0.2) is 0 Å². The maximum absolute atomic E-state index is 3.65. The van der Waals surface area contributed by atoms with Crippen molar-refractivity contribution < 1.29 is 0 Å². The average Bonchev–Trinajstić information content (AvgIpc) is 2.45. The summed E-state index contributed by atoms with van der Waals surface area (Å²) in [6.07, 6.45) is 0. The summed E-state index contributed by atoms with van der Waals surface area (Å²) in [6, 6.07) is 6.59. The molecule has 0 amide bonds. The number of nitrogens with zero attached hydrogens (tertiary/aromatic N) is 1. The Morgan fingerprint density at radius 1 is 1.40 bits per heavy atom. The fourth-order valence-corrected chi connectivity index (χ4v) is 2.47. The zero-order valence-corrected chi connectivity index (χ0v) is 10.9. The number of nitrogens with one attached hydrogen (secondary N) is 1. The number of hydrogen-bond donors (Lipinski definition) is 1. The molecule has 15 heavy (non-hydrogen) atoms. The fourth-order valence-electron chi connectivity index (χ4n) is 1.89. The van der Waals surface area contributed by atoms with Crippen LogP contribution in [0.5, 0.6) is 0 Å². The molecule has 80 valence electrons. The first-order chi connectivity index (χ1) is 7.15. The van der Waals surface area contributed by atoms with Crippen LogP contribution in [-0.4, -0.2) is 11.6 Å². The van der Waals surface area contributed by atoms with Gasteiger partial charge in [-0.3, -0.25) is 0 Å². The highest BCUT2D eigenvalue weighted by Crippen LogP contribution is 2.30. The van der Waals surface area contributed by atoms with Crippen LogP contribution in [0.15, 0.2) is 22.7 Å². The summed E-state index contributed by atoms with van der Waals surface area (Å²) >= 11 is 3.65. The van der Waals surface area contributed by atoms with Crippen LogP contribution in [0.1, 0.15) is 11.3 Å². The van der Waals surface area contributed by atoms with E-state index in [-0.39, 0.29) is 0 Å². The molecule has 0 fully saturated rings. The number of rotatable bonds is 2. The van der Waals surface area contributed by atoms with Crippen molar-refractivity contribution in [2.24, 2.45) is 7.05 Å². The quantitative estimate of drug-likeness (QED) is 0.885. The van der Waals surface area contributed by atoms with Crippen molar-refractivity contribution in [1.82, 2.24) is 9.88 Å². The molecule has 1 N–H and O–H groups in total. The Kier molecular flexibility index (Phi) is 2.85. The average molecular weight is 267 g/mol. The van der Waals surface area contributed by atoms with Crippen molar-refractivity contribution in [3.63, 3.8) is 0 Å². The molecule has 0 spiro atoms. The molecule has 0 atom stereocenters. The molecule has 1 aromatic carbocycles. The summed E-state index contributed by atoms with van der Waals surface area (Å²) in [7, 11) is 4.07. The first-order valence-corrected chi connectivity index (χ1v) is 5.82. The molecule has 1 aromatic heterocycles. The van der Waals surface area contributed by atoms with E-state index in [1.54, 1.807) is 0 Å². The van der Waals surface area contributed by atoms with Crippen molar-refractivity contribution >= 4 is 26.8 Å². The second-order valence-corrected chi connectivity index (χ2v) is 4.63. The van der Waals surface area contributed by atoms with Gasteiger partial charge in [0, 0.05) is 34.7 Å². The molecule has 2 nitrogen and oxygen atoms in total. The lowest BCUT2D eigenvalue weighted by Gasteiger charge is -2.01. The molecule has 2 rings (SSSR count). The maximum atomic E-state index is 3.65. The molecule has 0 saturated carbocycles. The van der Waals surface area contributed by atoms with E-state index in [1.165, 1.54) is 26.6 Å². The van der Waals surface area contributed by atoms with Crippen molar-refractivity contribution in [3.8, 4) is 0 Å². The molecule has 1 heterocycles. The Hall–Kier alpha value is -0.800. The minimum absolute atomic E-state index is 0.913. The number of benzene rings is 1. The molecular formula is C12H15BrN2. The Bertz CT molecular complexity index is 500. The van der Waals surface area contributed by atoms with Crippen LogP contribution in [0.3, 0.4) is 0 Å². The number of aromatic nitrogens is 1. The molecule has 0 aliphatic rings. The van der Waals surface area contributed by atoms with Gasteiger partial charge in [-0.2, -0.15) is 0 Å².